The normalized spacial score (nSPS) is 23.1. The van der Waals surface area contributed by atoms with Crippen LogP contribution in [0.4, 0.5) is 0 Å². The van der Waals surface area contributed by atoms with Gasteiger partial charge in [-0.25, -0.2) is 0 Å². The van der Waals surface area contributed by atoms with Gasteiger partial charge in [0.05, 0.1) is 0 Å². The maximum atomic E-state index is 9.83. The van der Waals surface area contributed by atoms with Crippen molar-refractivity contribution in [2.45, 2.75) is 59.0 Å². The maximum Gasteiger partial charge on any atom is 0.126 e. The monoisotopic (exact) mass is 234 g/mol. The first kappa shape index (κ1) is 12.3. The molecule has 1 aliphatic heterocycles. The van der Waals surface area contributed by atoms with E-state index < -0.39 is 0 Å². The largest absolute Gasteiger partial charge is 0.508 e. The fourth-order valence-electron chi connectivity index (χ4n) is 2.67. The van der Waals surface area contributed by atoms with Crippen LogP contribution in [0.15, 0.2) is 6.07 Å². The van der Waals surface area contributed by atoms with Crippen LogP contribution >= 0.6 is 0 Å². The molecule has 0 spiro atoms. The Balaban J connectivity index is 2.41. The summed E-state index contributed by atoms with van der Waals surface area (Å²) in [5.41, 5.74) is 3.14. The Morgan fingerprint density at radius 3 is 2.71 bits per heavy atom. The second kappa shape index (κ2) is 4.25. The highest BCUT2D eigenvalue weighted by atomic mass is 16.5. The van der Waals surface area contributed by atoms with E-state index in [1.807, 2.05) is 19.9 Å². The fraction of sp³-hybridized carbons (Fsp3) is 0.600. The summed E-state index contributed by atoms with van der Waals surface area (Å²) in [6, 6.07) is 1.86. The zero-order chi connectivity index (χ0) is 12.6. The Labute approximate surface area is 104 Å². The average Bonchev–Trinajstić information content (AvgIpc) is 2.28. The molecule has 1 aliphatic rings. The van der Waals surface area contributed by atoms with E-state index in [4.69, 9.17) is 4.74 Å². The van der Waals surface area contributed by atoms with Gasteiger partial charge in [0.15, 0.2) is 0 Å². The predicted octanol–water partition coefficient (Wildman–Crippen LogP) is 3.89. The van der Waals surface area contributed by atoms with Gasteiger partial charge in [-0.1, -0.05) is 13.3 Å². The Kier molecular flexibility index (Phi) is 3.07. The second-order valence-corrected chi connectivity index (χ2v) is 5.44. The van der Waals surface area contributed by atoms with Crippen LogP contribution in [0.3, 0.4) is 0 Å². The van der Waals surface area contributed by atoms with Gasteiger partial charge in [0.1, 0.15) is 17.1 Å². The van der Waals surface area contributed by atoms with Crippen LogP contribution in [0.25, 0.3) is 0 Å². The third-order valence-electron chi connectivity index (χ3n) is 3.94. The zero-order valence-electron chi connectivity index (χ0n) is 11.3. The van der Waals surface area contributed by atoms with Gasteiger partial charge < -0.3 is 9.84 Å². The second-order valence-electron chi connectivity index (χ2n) is 5.44. The number of rotatable bonds is 2. The molecular formula is C15H22O2. The molecule has 1 aromatic rings. The highest BCUT2D eigenvalue weighted by Crippen LogP contribution is 2.41. The molecule has 2 heteroatoms. The first-order valence-corrected chi connectivity index (χ1v) is 6.48. The van der Waals surface area contributed by atoms with Crippen molar-refractivity contribution in [2.75, 3.05) is 0 Å². The average molecular weight is 234 g/mol. The Morgan fingerprint density at radius 2 is 2.06 bits per heavy atom. The first-order valence-electron chi connectivity index (χ1n) is 6.48. The summed E-state index contributed by atoms with van der Waals surface area (Å²) >= 11 is 0. The van der Waals surface area contributed by atoms with Crippen LogP contribution in [-0.2, 0) is 6.42 Å². The molecule has 0 saturated carbocycles. The quantitative estimate of drug-likeness (QED) is 0.841. The molecule has 94 valence electrons. The number of hydrogen-bond acceptors (Lipinski definition) is 2. The zero-order valence-corrected chi connectivity index (χ0v) is 11.3. The number of aryl methyl sites for hydroxylation is 1. The van der Waals surface area contributed by atoms with Crippen LogP contribution in [0.2, 0.25) is 0 Å². The standard InChI is InChI=1S/C15H22O2/c1-5-7-15(4)8-6-12-9-13(16)10(2)11(3)14(12)17-15/h9,16H,5-8H2,1-4H3. The SMILES string of the molecule is CCCC1(C)CCc2cc(O)c(C)c(C)c2O1. The van der Waals surface area contributed by atoms with E-state index in [0.29, 0.717) is 5.75 Å². The molecule has 1 heterocycles. The van der Waals surface area contributed by atoms with Gasteiger partial charge in [-0.3, -0.25) is 0 Å². The van der Waals surface area contributed by atoms with E-state index in [9.17, 15) is 5.11 Å². The number of phenols is 1. The van der Waals surface area contributed by atoms with Crippen molar-refractivity contribution in [1.29, 1.82) is 0 Å². The Morgan fingerprint density at radius 1 is 1.35 bits per heavy atom. The maximum absolute atomic E-state index is 9.83. The molecule has 0 saturated heterocycles. The summed E-state index contributed by atoms with van der Waals surface area (Å²) < 4.78 is 6.22. The molecular weight excluding hydrogens is 212 g/mol. The van der Waals surface area contributed by atoms with E-state index in [1.165, 1.54) is 0 Å². The van der Waals surface area contributed by atoms with E-state index >= 15 is 0 Å². The molecule has 1 aromatic carbocycles. The highest BCUT2D eigenvalue weighted by Gasteiger charge is 2.32. The fourth-order valence-corrected chi connectivity index (χ4v) is 2.67. The van der Waals surface area contributed by atoms with Gasteiger partial charge in [-0.2, -0.15) is 0 Å². The topological polar surface area (TPSA) is 29.5 Å². The van der Waals surface area contributed by atoms with Crippen LogP contribution in [0, 0.1) is 13.8 Å². The molecule has 1 unspecified atom stereocenters. The minimum Gasteiger partial charge on any atom is -0.508 e. The predicted molar refractivity (Wildman–Crippen MR) is 69.8 cm³/mol. The number of hydrogen-bond donors (Lipinski definition) is 1. The first-order chi connectivity index (χ1) is 7.97. The molecule has 0 bridgehead atoms. The minimum atomic E-state index is -0.0318. The lowest BCUT2D eigenvalue weighted by atomic mass is 9.87. The van der Waals surface area contributed by atoms with Gasteiger partial charge in [0, 0.05) is 0 Å². The van der Waals surface area contributed by atoms with Crippen molar-refractivity contribution in [3.05, 3.63) is 22.8 Å². The number of benzene rings is 1. The number of ether oxygens (including phenoxy) is 1. The van der Waals surface area contributed by atoms with E-state index in [1.54, 1.807) is 0 Å². The molecule has 0 amide bonds. The van der Waals surface area contributed by atoms with Crippen molar-refractivity contribution in [3.8, 4) is 11.5 Å². The van der Waals surface area contributed by atoms with Crippen LogP contribution in [0.5, 0.6) is 11.5 Å². The molecule has 17 heavy (non-hydrogen) atoms. The van der Waals surface area contributed by atoms with Gasteiger partial charge in [-0.05, 0) is 62.8 Å². The summed E-state index contributed by atoms with van der Waals surface area (Å²) in [7, 11) is 0. The molecule has 1 atom stereocenters. The number of aromatic hydroxyl groups is 1. The Hall–Kier alpha value is -1.18. The summed E-state index contributed by atoms with van der Waals surface area (Å²) in [5, 5.41) is 9.83. The summed E-state index contributed by atoms with van der Waals surface area (Å²) in [6.07, 6.45) is 4.27. The van der Waals surface area contributed by atoms with Crippen molar-refractivity contribution in [2.24, 2.45) is 0 Å². The Bertz CT molecular complexity index is 437. The molecule has 0 aromatic heterocycles. The van der Waals surface area contributed by atoms with Crippen molar-refractivity contribution in [1.82, 2.24) is 0 Å². The lowest BCUT2D eigenvalue weighted by molar-refractivity contribution is 0.0544. The van der Waals surface area contributed by atoms with E-state index in [0.717, 1.165) is 48.1 Å². The lowest BCUT2D eigenvalue weighted by Gasteiger charge is -2.37. The van der Waals surface area contributed by atoms with Crippen LogP contribution in [0.1, 0.15) is 49.8 Å². The molecule has 2 rings (SSSR count). The van der Waals surface area contributed by atoms with Crippen molar-refractivity contribution in [3.63, 3.8) is 0 Å². The highest BCUT2D eigenvalue weighted by molar-refractivity contribution is 5.53. The summed E-state index contributed by atoms with van der Waals surface area (Å²) in [4.78, 5) is 0. The van der Waals surface area contributed by atoms with E-state index in [-0.39, 0.29) is 5.60 Å². The number of phenolic OH excluding ortho intramolecular Hbond substituents is 1. The van der Waals surface area contributed by atoms with Crippen LogP contribution < -0.4 is 4.74 Å². The molecule has 1 N–H and O–H groups in total. The lowest BCUT2D eigenvalue weighted by Crippen LogP contribution is -2.36. The number of fused-ring (bicyclic) bond motifs is 1. The van der Waals surface area contributed by atoms with Gasteiger partial charge in [0.25, 0.3) is 0 Å². The molecule has 0 fully saturated rings. The van der Waals surface area contributed by atoms with Crippen LogP contribution in [-0.4, -0.2) is 10.7 Å². The molecule has 0 aliphatic carbocycles. The third-order valence-corrected chi connectivity index (χ3v) is 3.94. The van der Waals surface area contributed by atoms with Gasteiger partial charge >= 0.3 is 0 Å². The van der Waals surface area contributed by atoms with Gasteiger partial charge in [-0.15, -0.1) is 0 Å². The van der Waals surface area contributed by atoms with Crippen molar-refractivity contribution < 1.29 is 9.84 Å². The third kappa shape index (κ3) is 2.13. The molecule has 2 nitrogen and oxygen atoms in total. The minimum absolute atomic E-state index is 0.0318. The summed E-state index contributed by atoms with van der Waals surface area (Å²) in [6.45, 7) is 8.37. The van der Waals surface area contributed by atoms with Crippen molar-refractivity contribution >= 4 is 0 Å². The van der Waals surface area contributed by atoms with E-state index in [2.05, 4.69) is 13.8 Å². The summed E-state index contributed by atoms with van der Waals surface area (Å²) in [5.74, 6) is 1.39. The smallest absolute Gasteiger partial charge is 0.126 e. The molecule has 0 radical (unpaired) electrons. The van der Waals surface area contributed by atoms with Gasteiger partial charge in [0.2, 0.25) is 0 Å².